The number of aryl methyl sites for hydroxylation is 2. The van der Waals surface area contributed by atoms with E-state index in [-0.39, 0.29) is 36.5 Å². The molecule has 0 aliphatic heterocycles. The Kier molecular flexibility index (Phi) is 7.19. The third kappa shape index (κ3) is 6.28. The number of rotatable bonds is 8. The molecule has 166 valence electrons. The van der Waals surface area contributed by atoms with Crippen LogP contribution in [0.4, 0.5) is 0 Å². The molecule has 0 saturated carbocycles. The molecule has 0 saturated heterocycles. The second-order valence-electron chi connectivity index (χ2n) is 8.41. The van der Waals surface area contributed by atoms with Crippen molar-refractivity contribution in [2.24, 2.45) is 7.05 Å². The van der Waals surface area contributed by atoms with Gasteiger partial charge in [0, 0.05) is 33.0 Å². The molecule has 0 unspecified atom stereocenters. The number of fused-ring (bicyclic) bond motifs is 1. The number of esters is 1. The van der Waals surface area contributed by atoms with E-state index in [4.69, 9.17) is 4.74 Å². The number of H-pyrrole nitrogens is 2. The first kappa shape index (κ1) is 23.3. The largest absolute Gasteiger partial charge is 0.459 e. The minimum Gasteiger partial charge on any atom is -0.459 e. The number of nitrogens with one attached hydrogen (secondary N) is 2. The Bertz CT molecular complexity index is 1030. The van der Waals surface area contributed by atoms with Gasteiger partial charge in [-0.3, -0.25) is 23.9 Å². The van der Waals surface area contributed by atoms with E-state index >= 15 is 0 Å². The van der Waals surface area contributed by atoms with Crippen LogP contribution in [-0.2, 0) is 27.8 Å². The number of ether oxygens (including phenoxy) is 1. The summed E-state index contributed by atoms with van der Waals surface area (Å²) in [4.78, 5) is 61.3. The number of nitrogens with zero attached hydrogens (tertiary/aromatic N) is 4. The SMILES string of the molecule is CN(C)CCN(CC(=O)OC(C)(C)C)C(=O)CCc1nc2c([nH]1)c(=O)[nH]c(=O)n2C. The first-order valence-electron chi connectivity index (χ1n) is 9.69. The van der Waals surface area contributed by atoms with Gasteiger partial charge in [-0.15, -0.1) is 0 Å². The van der Waals surface area contributed by atoms with Crippen molar-refractivity contribution in [1.82, 2.24) is 29.3 Å². The van der Waals surface area contributed by atoms with Crippen LogP contribution < -0.4 is 11.2 Å². The fourth-order valence-corrected chi connectivity index (χ4v) is 2.80. The van der Waals surface area contributed by atoms with Gasteiger partial charge in [0.1, 0.15) is 23.5 Å². The minimum atomic E-state index is -0.634. The Hall–Kier alpha value is -2.95. The van der Waals surface area contributed by atoms with Crippen LogP contribution >= 0.6 is 0 Å². The van der Waals surface area contributed by atoms with Gasteiger partial charge in [0.25, 0.3) is 5.56 Å². The van der Waals surface area contributed by atoms with Crippen molar-refractivity contribution < 1.29 is 14.3 Å². The van der Waals surface area contributed by atoms with Crippen LogP contribution in [0.25, 0.3) is 11.2 Å². The van der Waals surface area contributed by atoms with Gasteiger partial charge in [-0.2, -0.15) is 0 Å². The summed E-state index contributed by atoms with van der Waals surface area (Å²) in [6, 6.07) is 0. The van der Waals surface area contributed by atoms with Crippen molar-refractivity contribution in [2.75, 3.05) is 33.7 Å². The molecule has 2 rings (SSSR count). The molecule has 2 heterocycles. The third-order valence-corrected chi connectivity index (χ3v) is 4.29. The van der Waals surface area contributed by atoms with Crippen LogP contribution in [0, 0.1) is 0 Å². The lowest BCUT2D eigenvalue weighted by Crippen LogP contribution is -2.42. The Balaban J connectivity index is 2.11. The smallest absolute Gasteiger partial charge is 0.329 e. The number of imidazole rings is 1. The number of carbonyl (C=O) groups excluding carboxylic acids is 2. The quantitative estimate of drug-likeness (QED) is 0.554. The van der Waals surface area contributed by atoms with E-state index in [1.165, 1.54) is 16.5 Å². The van der Waals surface area contributed by atoms with Crippen molar-refractivity contribution in [3.05, 3.63) is 26.7 Å². The summed E-state index contributed by atoms with van der Waals surface area (Å²) < 4.78 is 6.56. The number of amides is 1. The first-order valence-corrected chi connectivity index (χ1v) is 9.69. The van der Waals surface area contributed by atoms with Gasteiger partial charge < -0.3 is 19.5 Å². The Labute approximate surface area is 174 Å². The molecule has 1 amide bonds. The molecular formula is C19H30N6O5. The number of aromatic nitrogens is 4. The first-order chi connectivity index (χ1) is 13.9. The topological polar surface area (TPSA) is 133 Å². The molecule has 0 fully saturated rings. The number of hydrogen-bond acceptors (Lipinski definition) is 7. The molecule has 0 atom stereocenters. The van der Waals surface area contributed by atoms with Crippen LogP contribution in [-0.4, -0.2) is 80.5 Å². The Morgan fingerprint density at radius 1 is 1.13 bits per heavy atom. The lowest BCUT2D eigenvalue weighted by molar-refractivity contribution is -0.159. The minimum absolute atomic E-state index is 0.0852. The normalized spacial score (nSPS) is 11.8. The van der Waals surface area contributed by atoms with Gasteiger partial charge in [-0.1, -0.05) is 0 Å². The van der Waals surface area contributed by atoms with Crippen molar-refractivity contribution in [3.8, 4) is 0 Å². The molecule has 0 aromatic carbocycles. The van der Waals surface area contributed by atoms with Gasteiger partial charge in [-0.25, -0.2) is 9.78 Å². The Morgan fingerprint density at radius 2 is 1.80 bits per heavy atom. The molecule has 30 heavy (non-hydrogen) atoms. The third-order valence-electron chi connectivity index (χ3n) is 4.29. The van der Waals surface area contributed by atoms with E-state index in [1.54, 1.807) is 20.8 Å². The summed E-state index contributed by atoms with van der Waals surface area (Å²) in [5.74, 6) is -0.291. The predicted molar refractivity (Wildman–Crippen MR) is 111 cm³/mol. The second kappa shape index (κ2) is 9.24. The lowest BCUT2D eigenvalue weighted by Gasteiger charge is -2.26. The highest BCUT2D eigenvalue weighted by Gasteiger charge is 2.22. The molecule has 2 N–H and O–H groups in total. The van der Waals surface area contributed by atoms with Gasteiger partial charge in [0.05, 0.1) is 0 Å². The number of aromatic amines is 2. The summed E-state index contributed by atoms with van der Waals surface area (Å²) in [6.07, 6.45) is 0.315. The molecular weight excluding hydrogens is 392 g/mol. The van der Waals surface area contributed by atoms with Crippen LogP contribution in [0.3, 0.4) is 0 Å². The fourth-order valence-electron chi connectivity index (χ4n) is 2.80. The molecule has 11 heteroatoms. The summed E-state index contributed by atoms with van der Waals surface area (Å²) in [6.45, 7) is 6.14. The van der Waals surface area contributed by atoms with Gasteiger partial charge in [0.2, 0.25) is 5.91 Å². The maximum Gasteiger partial charge on any atom is 0.329 e. The van der Waals surface area contributed by atoms with E-state index in [1.807, 2.05) is 19.0 Å². The van der Waals surface area contributed by atoms with Gasteiger partial charge in [-0.05, 0) is 34.9 Å². The number of likely N-dealkylation sites (N-methyl/N-ethyl adjacent to an activating group) is 1. The maximum atomic E-state index is 12.8. The van der Waals surface area contributed by atoms with Crippen LogP contribution in [0.1, 0.15) is 33.0 Å². The molecule has 0 spiro atoms. The van der Waals surface area contributed by atoms with E-state index in [0.717, 1.165) is 0 Å². The van der Waals surface area contributed by atoms with E-state index in [9.17, 15) is 19.2 Å². The number of carbonyl (C=O) groups is 2. The van der Waals surface area contributed by atoms with Crippen molar-refractivity contribution >= 4 is 23.0 Å². The zero-order valence-corrected chi connectivity index (χ0v) is 18.4. The van der Waals surface area contributed by atoms with Crippen molar-refractivity contribution in [1.29, 1.82) is 0 Å². The highest BCUT2D eigenvalue weighted by molar-refractivity contribution is 5.82. The van der Waals surface area contributed by atoms with E-state index in [0.29, 0.717) is 18.9 Å². The van der Waals surface area contributed by atoms with Gasteiger partial charge >= 0.3 is 11.7 Å². The van der Waals surface area contributed by atoms with Crippen molar-refractivity contribution in [2.45, 2.75) is 39.2 Å². The van der Waals surface area contributed by atoms with Crippen LogP contribution in [0.2, 0.25) is 0 Å². The summed E-state index contributed by atoms with van der Waals surface area (Å²) in [5, 5.41) is 0. The summed E-state index contributed by atoms with van der Waals surface area (Å²) in [5.41, 5.74) is -1.35. The number of hydrogen-bond donors (Lipinski definition) is 2. The fraction of sp³-hybridized carbons (Fsp3) is 0.632. The van der Waals surface area contributed by atoms with Gasteiger partial charge in [0.15, 0.2) is 5.65 Å². The maximum absolute atomic E-state index is 12.8. The average Bonchev–Trinajstić information content (AvgIpc) is 3.04. The zero-order valence-electron chi connectivity index (χ0n) is 18.4. The zero-order chi connectivity index (χ0) is 22.6. The molecule has 0 aliphatic carbocycles. The second-order valence-corrected chi connectivity index (χ2v) is 8.41. The predicted octanol–water partition coefficient (Wildman–Crippen LogP) is -0.386. The average molecular weight is 422 g/mol. The molecule has 0 bridgehead atoms. The standard InChI is InChI=1S/C19H30N6O5/c1-19(2,3)30-14(27)11-25(10-9-23(4)5)13(26)8-7-12-20-15-16(21-12)24(6)18(29)22-17(15)28/h7-11H2,1-6H3,(H,20,21)(H,22,28,29). The van der Waals surface area contributed by atoms with Crippen molar-refractivity contribution in [3.63, 3.8) is 0 Å². The van der Waals surface area contributed by atoms with E-state index in [2.05, 4.69) is 15.0 Å². The molecule has 0 aliphatic rings. The highest BCUT2D eigenvalue weighted by Crippen LogP contribution is 2.10. The van der Waals surface area contributed by atoms with Crippen LogP contribution in [0.15, 0.2) is 9.59 Å². The molecule has 0 radical (unpaired) electrons. The molecule has 11 nitrogen and oxygen atoms in total. The summed E-state index contributed by atoms with van der Waals surface area (Å²) >= 11 is 0. The summed E-state index contributed by atoms with van der Waals surface area (Å²) in [7, 11) is 5.26. The highest BCUT2D eigenvalue weighted by atomic mass is 16.6. The molecule has 2 aromatic heterocycles. The van der Waals surface area contributed by atoms with E-state index < -0.39 is 22.8 Å². The monoisotopic (exact) mass is 422 g/mol. The Morgan fingerprint density at radius 3 is 2.40 bits per heavy atom. The van der Waals surface area contributed by atoms with Crippen LogP contribution in [0.5, 0.6) is 0 Å². The molecule has 2 aromatic rings. The lowest BCUT2D eigenvalue weighted by atomic mass is 10.2.